The molecule has 3 aromatic rings. The number of rotatable bonds is 4. The molecule has 3 N–H and O–H groups in total. The van der Waals surface area contributed by atoms with Gasteiger partial charge >= 0.3 is 0 Å². The molecule has 1 aromatic heterocycles. The molecule has 2 aromatic carbocycles. The Morgan fingerprint density at radius 1 is 1.04 bits per heavy atom. The van der Waals surface area contributed by atoms with Crippen LogP contribution in [0.2, 0.25) is 0 Å². The van der Waals surface area contributed by atoms with Gasteiger partial charge in [0.15, 0.2) is 11.6 Å². The number of aromatic nitrogens is 1. The van der Waals surface area contributed by atoms with Crippen molar-refractivity contribution in [2.45, 2.75) is 6.92 Å². The number of nitrogens with two attached hydrogens (primary N) is 1. The summed E-state index contributed by atoms with van der Waals surface area (Å²) < 4.78 is 0. The molecule has 4 heteroatoms. The second kappa shape index (κ2) is 6.32. The molecule has 0 aliphatic rings. The lowest BCUT2D eigenvalue weighted by Gasteiger charge is -2.12. The van der Waals surface area contributed by atoms with Gasteiger partial charge < -0.3 is 11.1 Å². The molecule has 3 rings (SSSR count). The van der Waals surface area contributed by atoms with Gasteiger partial charge in [-0.3, -0.25) is 4.79 Å². The van der Waals surface area contributed by atoms with Crippen LogP contribution in [0.1, 0.15) is 21.5 Å². The van der Waals surface area contributed by atoms with Crippen LogP contribution in [0.15, 0.2) is 66.9 Å². The van der Waals surface area contributed by atoms with E-state index in [1.807, 2.05) is 49.4 Å². The first-order chi connectivity index (χ1) is 11.1. The van der Waals surface area contributed by atoms with Crippen LogP contribution in [0.3, 0.4) is 0 Å². The van der Waals surface area contributed by atoms with Gasteiger partial charge in [-0.1, -0.05) is 35.9 Å². The molecule has 0 unspecified atom stereocenters. The Labute approximate surface area is 135 Å². The molecule has 4 nitrogen and oxygen atoms in total. The zero-order valence-electron chi connectivity index (χ0n) is 12.8. The average molecular weight is 303 g/mol. The van der Waals surface area contributed by atoms with E-state index in [1.165, 1.54) is 0 Å². The lowest BCUT2D eigenvalue weighted by molar-refractivity contribution is 0.103. The molecule has 114 valence electrons. The smallest absolute Gasteiger partial charge is 0.195 e. The first kappa shape index (κ1) is 14.8. The van der Waals surface area contributed by atoms with Crippen molar-refractivity contribution in [2.75, 3.05) is 11.1 Å². The molecule has 0 fully saturated rings. The minimum Gasteiger partial charge on any atom is -0.396 e. The average Bonchev–Trinajstić information content (AvgIpc) is 2.57. The number of carbonyl (C=O) groups excluding carboxylic acids is 1. The Morgan fingerprint density at radius 3 is 2.65 bits per heavy atom. The molecule has 1 heterocycles. The van der Waals surface area contributed by atoms with Gasteiger partial charge in [0.25, 0.3) is 0 Å². The van der Waals surface area contributed by atoms with Gasteiger partial charge in [-0.15, -0.1) is 0 Å². The fourth-order valence-electron chi connectivity index (χ4n) is 2.38. The normalized spacial score (nSPS) is 10.3. The van der Waals surface area contributed by atoms with Gasteiger partial charge in [-0.25, -0.2) is 4.98 Å². The fourth-order valence-corrected chi connectivity index (χ4v) is 2.38. The van der Waals surface area contributed by atoms with Crippen molar-refractivity contribution in [3.63, 3.8) is 0 Å². The van der Waals surface area contributed by atoms with Gasteiger partial charge in [0, 0.05) is 17.3 Å². The standard InChI is InChI=1S/C19H17N3O/c1-13-6-4-7-14(12-13)18(23)15-8-2-3-10-17(15)22-19-16(20)9-5-11-21-19/h2-12H,20H2,1H3,(H,21,22). The molecular weight excluding hydrogens is 286 g/mol. The molecule has 0 radical (unpaired) electrons. The number of para-hydroxylation sites is 1. The number of ketones is 1. The summed E-state index contributed by atoms with van der Waals surface area (Å²) in [6.07, 6.45) is 1.66. The second-order valence-electron chi connectivity index (χ2n) is 5.31. The number of carbonyl (C=O) groups is 1. The maximum absolute atomic E-state index is 12.8. The highest BCUT2D eigenvalue weighted by molar-refractivity contribution is 6.12. The van der Waals surface area contributed by atoms with Crippen LogP contribution in [0.25, 0.3) is 0 Å². The highest BCUT2D eigenvalue weighted by Crippen LogP contribution is 2.25. The van der Waals surface area contributed by atoms with E-state index in [0.717, 1.165) is 5.56 Å². The summed E-state index contributed by atoms with van der Waals surface area (Å²) in [6, 6.07) is 18.4. The van der Waals surface area contributed by atoms with Gasteiger partial charge in [0.1, 0.15) is 0 Å². The topological polar surface area (TPSA) is 68.0 Å². The summed E-state index contributed by atoms with van der Waals surface area (Å²) >= 11 is 0. The predicted octanol–water partition coefficient (Wildman–Crippen LogP) is 3.95. The summed E-state index contributed by atoms with van der Waals surface area (Å²) in [5, 5.41) is 3.15. The first-order valence-electron chi connectivity index (χ1n) is 7.33. The molecule has 23 heavy (non-hydrogen) atoms. The molecule has 0 saturated heterocycles. The summed E-state index contributed by atoms with van der Waals surface area (Å²) in [5.74, 6) is 0.503. The number of hydrogen-bond acceptors (Lipinski definition) is 4. The van der Waals surface area contributed by atoms with Crippen LogP contribution >= 0.6 is 0 Å². The molecular formula is C19H17N3O. The highest BCUT2D eigenvalue weighted by Gasteiger charge is 2.14. The van der Waals surface area contributed by atoms with Crippen molar-refractivity contribution in [3.8, 4) is 0 Å². The van der Waals surface area contributed by atoms with Crippen LogP contribution in [-0.4, -0.2) is 10.8 Å². The maximum atomic E-state index is 12.8. The van der Waals surface area contributed by atoms with Crippen molar-refractivity contribution >= 4 is 23.0 Å². The highest BCUT2D eigenvalue weighted by atomic mass is 16.1. The second-order valence-corrected chi connectivity index (χ2v) is 5.31. The Kier molecular flexibility index (Phi) is 4.06. The van der Waals surface area contributed by atoms with Crippen molar-refractivity contribution in [1.82, 2.24) is 4.98 Å². The summed E-state index contributed by atoms with van der Waals surface area (Å²) in [7, 11) is 0. The van der Waals surface area contributed by atoms with Crippen LogP contribution in [0, 0.1) is 6.92 Å². The van der Waals surface area contributed by atoms with E-state index in [1.54, 1.807) is 24.4 Å². The Hall–Kier alpha value is -3.14. The van der Waals surface area contributed by atoms with Gasteiger partial charge in [-0.2, -0.15) is 0 Å². The van der Waals surface area contributed by atoms with E-state index in [2.05, 4.69) is 10.3 Å². The van der Waals surface area contributed by atoms with Gasteiger partial charge in [-0.05, 0) is 37.3 Å². The van der Waals surface area contributed by atoms with Crippen molar-refractivity contribution in [3.05, 3.63) is 83.6 Å². The Balaban J connectivity index is 1.98. The van der Waals surface area contributed by atoms with E-state index < -0.39 is 0 Å². The van der Waals surface area contributed by atoms with Crippen LogP contribution in [0.5, 0.6) is 0 Å². The molecule has 0 spiro atoms. The molecule has 0 aliphatic heterocycles. The number of hydrogen-bond donors (Lipinski definition) is 2. The van der Waals surface area contributed by atoms with E-state index in [0.29, 0.717) is 28.3 Å². The number of nitrogens with zero attached hydrogens (tertiary/aromatic N) is 1. The van der Waals surface area contributed by atoms with E-state index in [9.17, 15) is 4.79 Å². The number of anilines is 3. The molecule has 0 amide bonds. The lowest BCUT2D eigenvalue weighted by Crippen LogP contribution is -2.07. The number of benzene rings is 2. The van der Waals surface area contributed by atoms with Crippen molar-refractivity contribution in [2.24, 2.45) is 0 Å². The third kappa shape index (κ3) is 3.21. The zero-order chi connectivity index (χ0) is 16.2. The summed E-state index contributed by atoms with van der Waals surface area (Å²) in [6.45, 7) is 1.97. The van der Waals surface area contributed by atoms with E-state index in [4.69, 9.17) is 5.73 Å². The number of nitrogens with one attached hydrogen (secondary N) is 1. The van der Waals surface area contributed by atoms with Crippen LogP contribution in [-0.2, 0) is 0 Å². The van der Waals surface area contributed by atoms with E-state index >= 15 is 0 Å². The fraction of sp³-hybridized carbons (Fsp3) is 0.0526. The Bertz CT molecular complexity index is 858. The number of nitrogen functional groups attached to an aromatic ring is 1. The van der Waals surface area contributed by atoms with Crippen molar-refractivity contribution in [1.29, 1.82) is 0 Å². The molecule has 0 atom stereocenters. The SMILES string of the molecule is Cc1cccc(C(=O)c2ccccc2Nc2ncccc2N)c1. The van der Waals surface area contributed by atoms with Gasteiger partial charge in [0.05, 0.1) is 11.4 Å². The van der Waals surface area contributed by atoms with Crippen LogP contribution in [0.4, 0.5) is 17.2 Å². The molecule has 0 bridgehead atoms. The van der Waals surface area contributed by atoms with Crippen LogP contribution < -0.4 is 11.1 Å². The van der Waals surface area contributed by atoms with Gasteiger partial charge in [0.2, 0.25) is 0 Å². The number of pyridine rings is 1. The van der Waals surface area contributed by atoms with Crippen molar-refractivity contribution < 1.29 is 4.79 Å². The monoisotopic (exact) mass is 303 g/mol. The zero-order valence-corrected chi connectivity index (χ0v) is 12.8. The minimum absolute atomic E-state index is 0.0358. The third-order valence-corrected chi connectivity index (χ3v) is 3.54. The summed E-state index contributed by atoms with van der Waals surface area (Å²) in [4.78, 5) is 17.0. The summed E-state index contributed by atoms with van der Waals surface area (Å²) in [5.41, 5.74) is 9.43. The predicted molar refractivity (Wildman–Crippen MR) is 93.0 cm³/mol. The number of aryl methyl sites for hydroxylation is 1. The minimum atomic E-state index is -0.0358. The maximum Gasteiger partial charge on any atom is 0.195 e. The lowest BCUT2D eigenvalue weighted by atomic mass is 10.00. The Morgan fingerprint density at radius 2 is 1.87 bits per heavy atom. The largest absolute Gasteiger partial charge is 0.396 e. The first-order valence-corrected chi connectivity index (χ1v) is 7.33. The third-order valence-electron chi connectivity index (χ3n) is 3.54. The molecule has 0 aliphatic carbocycles. The molecule has 0 saturated carbocycles. The van der Waals surface area contributed by atoms with E-state index in [-0.39, 0.29) is 5.78 Å². The quantitative estimate of drug-likeness (QED) is 0.716.